The highest BCUT2D eigenvalue weighted by Crippen LogP contribution is 2.68. The van der Waals surface area contributed by atoms with Crippen LogP contribution in [0.2, 0.25) is 5.82 Å². The van der Waals surface area contributed by atoms with Crippen molar-refractivity contribution in [3.05, 3.63) is 0 Å². The minimum atomic E-state index is -0.0179. The van der Waals surface area contributed by atoms with Crippen LogP contribution in [0.15, 0.2) is 0 Å². The maximum Gasteiger partial charge on any atom is 0.142 e. The first kappa shape index (κ1) is 15.9. The van der Waals surface area contributed by atoms with E-state index in [1.807, 2.05) is 0 Å². The molecule has 0 aliphatic heterocycles. The Hall–Kier alpha value is 0.355. The predicted molar refractivity (Wildman–Crippen MR) is 96.4 cm³/mol. The Morgan fingerprint density at radius 1 is 0.864 bits per heavy atom. The summed E-state index contributed by atoms with van der Waals surface area (Å²) >= 11 is 7.25. The summed E-state index contributed by atoms with van der Waals surface area (Å²) in [6, 6.07) is 0. The zero-order chi connectivity index (χ0) is 16.1. The van der Waals surface area contributed by atoms with Gasteiger partial charge in [-0.2, -0.15) is 0 Å². The highest BCUT2D eigenvalue weighted by atomic mass is 35.5. The SMILES string of the molecule is CC1C([B]C2(Cl)CC3CC(C2C)C3(C)C)CC2CC1C2(C)C. The summed E-state index contributed by atoms with van der Waals surface area (Å²) in [7, 11) is 2.65. The predicted octanol–water partition coefficient (Wildman–Crippen LogP) is 5.82. The molecule has 6 rings (SSSR count). The standard InChI is InChI=1S/C20H33BCl/c1-11-15-7-13(18(15,3)4)9-17(11)21-20(22)10-14-8-16(12(20)2)19(14,5)6/h11-17H,7-10H2,1-6H3. The van der Waals surface area contributed by atoms with Crippen LogP contribution in [0.3, 0.4) is 0 Å². The molecule has 0 amide bonds. The summed E-state index contributed by atoms with van der Waals surface area (Å²) < 4.78 is -0.0179. The van der Waals surface area contributed by atoms with Gasteiger partial charge in [-0.05, 0) is 65.6 Å². The highest BCUT2D eigenvalue weighted by Gasteiger charge is 2.63. The Morgan fingerprint density at radius 3 is 1.95 bits per heavy atom. The van der Waals surface area contributed by atoms with Crippen molar-refractivity contribution >= 4 is 18.9 Å². The first-order valence-corrected chi connectivity index (χ1v) is 10.00. The lowest BCUT2D eigenvalue weighted by molar-refractivity contribution is -0.110. The molecule has 0 spiro atoms. The third-order valence-electron chi connectivity index (χ3n) is 9.37. The molecular formula is C20H33BCl. The molecular weight excluding hydrogens is 286 g/mol. The minimum absolute atomic E-state index is 0.0179. The number of alkyl halides is 1. The van der Waals surface area contributed by atoms with Crippen LogP contribution >= 0.6 is 11.6 Å². The van der Waals surface area contributed by atoms with Gasteiger partial charge in [-0.3, -0.25) is 0 Å². The minimum Gasteiger partial charge on any atom is -0.129 e. The van der Waals surface area contributed by atoms with E-state index < -0.39 is 0 Å². The van der Waals surface area contributed by atoms with E-state index in [0.29, 0.717) is 16.7 Å². The molecule has 6 aliphatic rings. The van der Waals surface area contributed by atoms with Gasteiger partial charge in [0.2, 0.25) is 0 Å². The maximum absolute atomic E-state index is 7.25. The molecule has 22 heavy (non-hydrogen) atoms. The molecule has 2 heteroatoms. The first-order chi connectivity index (χ1) is 10.1. The summed E-state index contributed by atoms with van der Waals surface area (Å²) in [5.41, 5.74) is 1.12. The Labute approximate surface area is 143 Å². The number of rotatable bonds is 2. The molecule has 6 fully saturated rings. The number of hydrogen-bond acceptors (Lipinski definition) is 0. The fraction of sp³-hybridized carbons (Fsp3) is 1.00. The van der Waals surface area contributed by atoms with Crippen molar-refractivity contribution in [3.8, 4) is 0 Å². The second kappa shape index (κ2) is 4.50. The lowest BCUT2D eigenvalue weighted by Crippen LogP contribution is -2.63. The second-order valence-electron chi connectivity index (χ2n) is 10.6. The van der Waals surface area contributed by atoms with E-state index in [-0.39, 0.29) is 4.77 Å². The van der Waals surface area contributed by atoms with E-state index in [9.17, 15) is 0 Å². The molecule has 0 aromatic carbocycles. The normalized spacial score (nSPS) is 57.5. The average molecular weight is 320 g/mol. The van der Waals surface area contributed by atoms with Crippen LogP contribution in [0.1, 0.15) is 67.2 Å². The molecule has 6 saturated carbocycles. The van der Waals surface area contributed by atoms with Crippen LogP contribution in [0.25, 0.3) is 0 Å². The van der Waals surface area contributed by atoms with Crippen molar-refractivity contribution in [2.45, 2.75) is 77.8 Å². The largest absolute Gasteiger partial charge is 0.142 e. The second-order valence-corrected chi connectivity index (χ2v) is 11.3. The van der Waals surface area contributed by atoms with E-state index in [4.69, 9.17) is 11.6 Å². The zero-order valence-electron chi connectivity index (χ0n) is 15.3. The molecule has 1 radical (unpaired) electrons. The van der Waals surface area contributed by atoms with Crippen LogP contribution in [-0.2, 0) is 0 Å². The lowest BCUT2D eigenvalue weighted by atomic mass is 9.30. The van der Waals surface area contributed by atoms with E-state index >= 15 is 0 Å². The maximum atomic E-state index is 7.25. The van der Waals surface area contributed by atoms with Gasteiger partial charge in [-0.25, -0.2) is 0 Å². The van der Waals surface area contributed by atoms with Crippen molar-refractivity contribution in [2.24, 2.45) is 46.3 Å². The summed E-state index contributed by atoms with van der Waals surface area (Å²) in [4.78, 5) is 0. The zero-order valence-corrected chi connectivity index (χ0v) is 16.1. The molecule has 0 N–H and O–H groups in total. The van der Waals surface area contributed by atoms with Gasteiger partial charge < -0.3 is 0 Å². The molecule has 8 atom stereocenters. The molecule has 4 bridgehead atoms. The van der Waals surface area contributed by atoms with Crippen LogP contribution < -0.4 is 0 Å². The van der Waals surface area contributed by atoms with Gasteiger partial charge in [-0.1, -0.05) is 53.8 Å². The average Bonchev–Trinajstić information content (AvgIpc) is 2.43. The lowest BCUT2D eigenvalue weighted by Gasteiger charge is -2.67. The van der Waals surface area contributed by atoms with E-state index in [0.717, 1.165) is 35.4 Å². The first-order valence-electron chi connectivity index (χ1n) is 9.62. The van der Waals surface area contributed by atoms with Gasteiger partial charge in [0.1, 0.15) is 7.28 Å². The summed E-state index contributed by atoms with van der Waals surface area (Å²) in [6.45, 7) is 14.9. The van der Waals surface area contributed by atoms with E-state index in [2.05, 4.69) is 48.8 Å². The fourth-order valence-electron chi connectivity index (χ4n) is 7.13. The van der Waals surface area contributed by atoms with Crippen LogP contribution in [0, 0.1) is 46.3 Å². The van der Waals surface area contributed by atoms with Gasteiger partial charge in [0.05, 0.1) is 0 Å². The van der Waals surface area contributed by atoms with Crippen molar-refractivity contribution in [1.82, 2.24) is 0 Å². The summed E-state index contributed by atoms with van der Waals surface area (Å²) in [5.74, 6) is 5.80. The van der Waals surface area contributed by atoms with Gasteiger partial charge in [0, 0.05) is 4.77 Å². The van der Waals surface area contributed by atoms with Crippen molar-refractivity contribution in [2.75, 3.05) is 0 Å². The van der Waals surface area contributed by atoms with E-state index in [1.165, 1.54) is 25.7 Å². The molecule has 0 saturated heterocycles. The van der Waals surface area contributed by atoms with Gasteiger partial charge in [0.15, 0.2) is 0 Å². The Morgan fingerprint density at radius 2 is 1.45 bits per heavy atom. The van der Waals surface area contributed by atoms with Gasteiger partial charge >= 0.3 is 0 Å². The molecule has 0 heterocycles. The molecule has 6 aliphatic carbocycles. The van der Waals surface area contributed by atoms with Crippen molar-refractivity contribution < 1.29 is 0 Å². The van der Waals surface area contributed by atoms with Crippen LogP contribution in [0.4, 0.5) is 0 Å². The van der Waals surface area contributed by atoms with Gasteiger partial charge in [-0.15, -0.1) is 11.6 Å². The topological polar surface area (TPSA) is 0 Å². The van der Waals surface area contributed by atoms with Gasteiger partial charge in [0.25, 0.3) is 0 Å². The Balaban J connectivity index is 1.48. The Bertz CT molecular complexity index is 484. The quantitative estimate of drug-likeness (QED) is 0.444. The van der Waals surface area contributed by atoms with Crippen molar-refractivity contribution in [3.63, 3.8) is 0 Å². The molecule has 8 unspecified atom stereocenters. The third-order valence-corrected chi connectivity index (χ3v) is 9.99. The van der Waals surface area contributed by atoms with Crippen LogP contribution in [-0.4, -0.2) is 12.1 Å². The summed E-state index contributed by atoms with van der Waals surface area (Å²) in [5, 5.41) is 0. The Kier molecular flexibility index (Phi) is 3.24. The third kappa shape index (κ3) is 1.84. The molecule has 123 valence electrons. The number of hydrogen-bond donors (Lipinski definition) is 0. The van der Waals surface area contributed by atoms with E-state index in [1.54, 1.807) is 0 Å². The molecule has 0 aromatic heterocycles. The summed E-state index contributed by atoms with van der Waals surface area (Å²) in [6.07, 6.45) is 5.52. The number of fused-ring (bicyclic) bond motifs is 4. The van der Waals surface area contributed by atoms with Crippen molar-refractivity contribution in [1.29, 1.82) is 0 Å². The highest BCUT2D eigenvalue weighted by molar-refractivity contribution is 6.58. The fourth-order valence-corrected chi connectivity index (χ4v) is 7.63. The number of halogens is 1. The molecule has 0 nitrogen and oxygen atoms in total. The van der Waals surface area contributed by atoms with Crippen LogP contribution in [0.5, 0.6) is 0 Å². The molecule has 0 aromatic rings. The smallest absolute Gasteiger partial charge is 0.129 e. The monoisotopic (exact) mass is 319 g/mol.